The molecule has 0 aliphatic rings. The van der Waals surface area contributed by atoms with Crippen molar-refractivity contribution < 1.29 is 42.1 Å². The first-order chi connectivity index (χ1) is 25.5. The van der Waals surface area contributed by atoms with Gasteiger partial charge in [0.15, 0.2) is 6.10 Å². The van der Waals surface area contributed by atoms with E-state index in [1.165, 1.54) is 116 Å². The molecule has 0 fully saturated rings. The molecule has 0 bridgehead atoms. The number of phosphoric acid groups is 1. The molecule has 0 aromatic heterocycles. The quantitative estimate of drug-likeness (QED) is 0.0199. The molecule has 314 valence electrons. The molecule has 0 aromatic rings. The highest BCUT2D eigenvalue weighted by Crippen LogP contribution is 2.38. The number of hydrogen-bond donors (Lipinski definition) is 0. The molecule has 0 aliphatic heterocycles. The van der Waals surface area contributed by atoms with Gasteiger partial charge in [-0.1, -0.05) is 161 Å². The van der Waals surface area contributed by atoms with E-state index in [4.69, 9.17) is 18.5 Å². The van der Waals surface area contributed by atoms with Crippen molar-refractivity contribution >= 4 is 19.8 Å². The fourth-order valence-corrected chi connectivity index (χ4v) is 6.79. The standard InChI is InChI=1S/C43H84NO8P/c1-6-8-10-12-14-16-18-20-21-22-24-26-28-30-32-34-36-43(46)52-41(40-51-53(47,48)50-38-37-44(3,4)5)39-49-42(45)35-33-31-29-27-25-23-19-17-15-13-11-9-7-2/h17,19,41H,6-16,18,20-40H2,1-5H3/b19-17+/t41-/m1/s1. The molecule has 1 unspecified atom stereocenters. The van der Waals surface area contributed by atoms with Crippen LogP contribution in [0.5, 0.6) is 0 Å². The Morgan fingerprint density at radius 2 is 0.962 bits per heavy atom. The minimum atomic E-state index is -4.62. The largest absolute Gasteiger partial charge is 0.756 e. The van der Waals surface area contributed by atoms with Gasteiger partial charge in [0.05, 0.1) is 27.7 Å². The van der Waals surface area contributed by atoms with Gasteiger partial charge in [0.25, 0.3) is 7.82 Å². The molecular formula is C43H84NO8P. The molecule has 0 aromatic carbocycles. The molecule has 10 heteroatoms. The molecule has 0 N–H and O–H groups in total. The summed E-state index contributed by atoms with van der Waals surface area (Å²) in [6.07, 6.45) is 36.6. The number of hydrogen-bond acceptors (Lipinski definition) is 8. The first-order valence-electron chi connectivity index (χ1n) is 21.9. The average Bonchev–Trinajstić information content (AvgIpc) is 3.10. The second kappa shape index (κ2) is 36.4. The molecule has 0 saturated heterocycles. The van der Waals surface area contributed by atoms with Gasteiger partial charge in [-0.15, -0.1) is 0 Å². The number of ether oxygens (including phenoxy) is 2. The number of rotatable bonds is 40. The van der Waals surface area contributed by atoms with E-state index in [9.17, 15) is 19.0 Å². The third-order valence-corrected chi connectivity index (χ3v) is 10.5. The van der Waals surface area contributed by atoms with E-state index >= 15 is 0 Å². The van der Waals surface area contributed by atoms with Gasteiger partial charge in [-0.25, -0.2) is 0 Å². The molecule has 0 amide bonds. The van der Waals surface area contributed by atoms with Crippen LogP contribution in [0.1, 0.15) is 200 Å². The summed E-state index contributed by atoms with van der Waals surface area (Å²) >= 11 is 0. The molecular weight excluding hydrogens is 689 g/mol. The summed E-state index contributed by atoms with van der Waals surface area (Å²) < 4.78 is 33.9. The smallest absolute Gasteiger partial charge is 0.306 e. The number of unbranched alkanes of at least 4 members (excludes halogenated alkanes) is 24. The van der Waals surface area contributed by atoms with Gasteiger partial charge >= 0.3 is 11.9 Å². The van der Waals surface area contributed by atoms with Crippen molar-refractivity contribution in [3.63, 3.8) is 0 Å². The number of likely N-dealkylation sites (N-methyl/N-ethyl adjacent to an activating group) is 1. The minimum absolute atomic E-state index is 0.0290. The minimum Gasteiger partial charge on any atom is -0.756 e. The average molecular weight is 774 g/mol. The lowest BCUT2D eigenvalue weighted by atomic mass is 10.0. The van der Waals surface area contributed by atoms with E-state index in [1.807, 2.05) is 21.1 Å². The van der Waals surface area contributed by atoms with Crippen LogP contribution in [0.2, 0.25) is 0 Å². The first kappa shape index (κ1) is 51.8. The molecule has 0 spiro atoms. The maximum atomic E-state index is 12.7. The Hall–Kier alpha value is -1.25. The molecule has 0 radical (unpaired) electrons. The normalized spacial score (nSPS) is 13.7. The van der Waals surface area contributed by atoms with Crippen molar-refractivity contribution in [1.29, 1.82) is 0 Å². The highest BCUT2D eigenvalue weighted by Gasteiger charge is 2.21. The van der Waals surface area contributed by atoms with Gasteiger partial charge in [0.1, 0.15) is 19.8 Å². The monoisotopic (exact) mass is 774 g/mol. The summed E-state index contributed by atoms with van der Waals surface area (Å²) in [6.45, 7) is 4.22. The van der Waals surface area contributed by atoms with Crippen molar-refractivity contribution in [2.75, 3.05) is 47.5 Å². The fourth-order valence-electron chi connectivity index (χ4n) is 6.06. The lowest BCUT2D eigenvalue weighted by Gasteiger charge is -2.28. The van der Waals surface area contributed by atoms with E-state index in [2.05, 4.69) is 26.0 Å². The topological polar surface area (TPSA) is 111 Å². The maximum absolute atomic E-state index is 12.7. The third-order valence-electron chi connectivity index (χ3n) is 9.54. The number of allylic oxidation sites excluding steroid dienone is 2. The molecule has 2 atom stereocenters. The van der Waals surface area contributed by atoms with Crippen LogP contribution in [0, 0.1) is 0 Å². The zero-order valence-electron chi connectivity index (χ0n) is 35.2. The summed E-state index contributed by atoms with van der Waals surface area (Å²) in [5.41, 5.74) is 0. The lowest BCUT2D eigenvalue weighted by Crippen LogP contribution is -2.37. The maximum Gasteiger partial charge on any atom is 0.306 e. The van der Waals surface area contributed by atoms with Crippen molar-refractivity contribution in [1.82, 2.24) is 0 Å². The Balaban J connectivity index is 4.34. The van der Waals surface area contributed by atoms with E-state index < -0.39 is 26.5 Å². The summed E-state index contributed by atoms with van der Waals surface area (Å²) in [6, 6.07) is 0. The predicted octanol–water partition coefficient (Wildman–Crippen LogP) is 11.6. The van der Waals surface area contributed by atoms with E-state index in [0.29, 0.717) is 17.4 Å². The van der Waals surface area contributed by atoms with Crippen LogP contribution in [0.4, 0.5) is 0 Å². The van der Waals surface area contributed by atoms with Crippen LogP contribution in [0.3, 0.4) is 0 Å². The Morgan fingerprint density at radius 3 is 1.42 bits per heavy atom. The van der Waals surface area contributed by atoms with Gasteiger partial charge in [-0.2, -0.15) is 0 Å². The van der Waals surface area contributed by atoms with E-state index in [1.54, 1.807) is 0 Å². The zero-order valence-corrected chi connectivity index (χ0v) is 36.1. The summed E-state index contributed by atoms with van der Waals surface area (Å²) in [7, 11) is 1.17. The van der Waals surface area contributed by atoms with E-state index in [0.717, 1.165) is 51.4 Å². The summed E-state index contributed by atoms with van der Waals surface area (Å²) in [5, 5.41) is 0. The Kier molecular flexibility index (Phi) is 35.5. The van der Waals surface area contributed by atoms with Gasteiger partial charge < -0.3 is 27.9 Å². The van der Waals surface area contributed by atoms with Crippen LogP contribution in [-0.4, -0.2) is 70.0 Å². The van der Waals surface area contributed by atoms with Crippen LogP contribution in [0.15, 0.2) is 12.2 Å². The van der Waals surface area contributed by atoms with Crippen molar-refractivity contribution in [3.8, 4) is 0 Å². The Bertz CT molecular complexity index is 922. The van der Waals surface area contributed by atoms with Crippen molar-refractivity contribution in [3.05, 3.63) is 12.2 Å². The molecule has 0 saturated carbocycles. The lowest BCUT2D eigenvalue weighted by molar-refractivity contribution is -0.870. The van der Waals surface area contributed by atoms with Gasteiger partial charge in [-0.05, 0) is 38.5 Å². The zero-order chi connectivity index (χ0) is 39.3. The second-order valence-corrected chi connectivity index (χ2v) is 17.5. The van der Waals surface area contributed by atoms with Gasteiger partial charge in [0, 0.05) is 12.8 Å². The fraction of sp³-hybridized carbons (Fsp3) is 0.907. The van der Waals surface area contributed by atoms with Crippen molar-refractivity contribution in [2.45, 2.75) is 206 Å². The van der Waals surface area contributed by atoms with Crippen LogP contribution in [0.25, 0.3) is 0 Å². The second-order valence-electron chi connectivity index (χ2n) is 16.1. The summed E-state index contributed by atoms with van der Waals surface area (Å²) in [5.74, 6) is -0.836. The molecule has 0 aliphatic carbocycles. The number of quaternary nitrogens is 1. The number of esters is 2. The van der Waals surface area contributed by atoms with Crippen LogP contribution >= 0.6 is 7.82 Å². The van der Waals surface area contributed by atoms with Gasteiger partial charge in [-0.3, -0.25) is 14.2 Å². The number of carbonyl (C=O) groups is 2. The third kappa shape index (κ3) is 40.2. The molecule has 9 nitrogen and oxygen atoms in total. The predicted molar refractivity (Wildman–Crippen MR) is 218 cm³/mol. The van der Waals surface area contributed by atoms with Gasteiger partial charge in [0.2, 0.25) is 0 Å². The Labute approximate surface area is 326 Å². The molecule has 0 rings (SSSR count). The first-order valence-corrected chi connectivity index (χ1v) is 23.4. The van der Waals surface area contributed by atoms with Crippen molar-refractivity contribution in [2.24, 2.45) is 0 Å². The summed E-state index contributed by atoms with van der Waals surface area (Å²) in [4.78, 5) is 37.5. The molecule has 53 heavy (non-hydrogen) atoms. The number of phosphoric ester groups is 1. The Morgan fingerprint density at radius 1 is 0.566 bits per heavy atom. The number of carbonyl (C=O) groups excluding carboxylic acids is 2. The van der Waals surface area contributed by atoms with Crippen LogP contribution < -0.4 is 4.89 Å². The number of nitrogens with zero attached hydrogens (tertiary/aromatic N) is 1. The molecule has 0 heterocycles. The highest BCUT2D eigenvalue weighted by atomic mass is 31.2. The highest BCUT2D eigenvalue weighted by molar-refractivity contribution is 7.45. The van der Waals surface area contributed by atoms with Crippen LogP contribution in [-0.2, 0) is 32.7 Å². The SMILES string of the molecule is CCCCCC/C=C/CCCCCCCC(=O)OC[C@H](COP(=O)([O-])OCC[N+](C)(C)C)OC(=O)CCCCCCCCCCCCCCCCCC. The van der Waals surface area contributed by atoms with E-state index in [-0.39, 0.29) is 32.0 Å².